The van der Waals surface area contributed by atoms with Crippen molar-refractivity contribution in [2.24, 2.45) is 0 Å². The Bertz CT molecular complexity index is 378. The van der Waals surface area contributed by atoms with E-state index in [1.165, 1.54) is 31.2 Å². The predicted octanol–water partition coefficient (Wildman–Crippen LogP) is 4.26. The van der Waals surface area contributed by atoms with Crippen LogP contribution < -0.4 is 5.32 Å². The van der Waals surface area contributed by atoms with Crippen LogP contribution in [0.5, 0.6) is 0 Å². The summed E-state index contributed by atoms with van der Waals surface area (Å²) in [5.74, 6) is 0. The molecule has 2 rings (SSSR count). The van der Waals surface area contributed by atoms with Crippen LogP contribution in [0, 0.1) is 0 Å². The topological polar surface area (TPSA) is 21.3 Å². The molecule has 0 atom stereocenters. The molecule has 0 aliphatic heterocycles. The van der Waals surface area contributed by atoms with Gasteiger partial charge in [0, 0.05) is 22.0 Å². The van der Waals surface area contributed by atoms with Gasteiger partial charge in [-0.15, -0.1) is 0 Å². The van der Waals surface area contributed by atoms with Gasteiger partial charge in [-0.05, 0) is 62.4 Å². The molecule has 1 fully saturated rings. The number of ether oxygens (including phenoxy) is 1. The highest BCUT2D eigenvalue weighted by molar-refractivity contribution is 9.13. The number of rotatable bonds is 6. The van der Waals surface area contributed by atoms with Gasteiger partial charge in [0.25, 0.3) is 0 Å². The number of hydrogen-bond acceptors (Lipinski definition) is 2. The summed E-state index contributed by atoms with van der Waals surface area (Å²) in [5, 5.41) is 3.41. The molecule has 100 valence electrons. The van der Waals surface area contributed by atoms with Crippen LogP contribution in [0.1, 0.15) is 31.2 Å². The van der Waals surface area contributed by atoms with Crippen LogP contribution in [0.25, 0.3) is 0 Å². The lowest BCUT2D eigenvalue weighted by Crippen LogP contribution is -2.21. The van der Waals surface area contributed by atoms with E-state index in [1.807, 2.05) is 0 Å². The molecule has 1 aliphatic carbocycles. The second-order valence-electron chi connectivity index (χ2n) is 4.70. The van der Waals surface area contributed by atoms with E-state index in [2.05, 4.69) is 55.4 Å². The number of benzene rings is 1. The fraction of sp³-hybridized carbons (Fsp3) is 0.571. The minimum Gasteiger partial charge on any atom is -0.377 e. The van der Waals surface area contributed by atoms with Gasteiger partial charge in [0.1, 0.15) is 0 Å². The molecular formula is C14H19Br2NO. The largest absolute Gasteiger partial charge is 0.377 e. The van der Waals surface area contributed by atoms with Crippen LogP contribution in [0.4, 0.5) is 0 Å². The third-order valence-electron chi connectivity index (χ3n) is 3.25. The van der Waals surface area contributed by atoms with E-state index in [0.717, 1.165) is 28.6 Å². The monoisotopic (exact) mass is 375 g/mol. The summed E-state index contributed by atoms with van der Waals surface area (Å²) >= 11 is 6.99. The molecule has 2 nitrogen and oxygen atoms in total. The number of nitrogens with one attached hydrogen (secondary N) is 1. The molecule has 0 amide bonds. The second-order valence-corrected chi connectivity index (χ2v) is 6.41. The molecule has 1 aromatic rings. The van der Waals surface area contributed by atoms with E-state index in [0.29, 0.717) is 6.10 Å². The van der Waals surface area contributed by atoms with Crippen molar-refractivity contribution in [3.05, 3.63) is 32.7 Å². The third-order valence-corrected chi connectivity index (χ3v) is 5.13. The van der Waals surface area contributed by atoms with E-state index in [1.54, 1.807) is 0 Å². The van der Waals surface area contributed by atoms with E-state index in [9.17, 15) is 0 Å². The van der Waals surface area contributed by atoms with E-state index in [-0.39, 0.29) is 0 Å². The molecule has 1 aliphatic rings. The Morgan fingerprint density at radius 1 is 1.17 bits per heavy atom. The van der Waals surface area contributed by atoms with Crippen molar-refractivity contribution < 1.29 is 4.74 Å². The normalized spacial score (nSPS) is 16.3. The molecule has 1 aromatic carbocycles. The van der Waals surface area contributed by atoms with Crippen LogP contribution in [-0.2, 0) is 11.3 Å². The Hall–Kier alpha value is 0.1000. The fourth-order valence-electron chi connectivity index (χ4n) is 2.24. The van der Waals surface area contributed by atoms with Gasteiger partial charge in [-0.1, -0.05) is 18.9 Å². The van der Waals surface area contributed by atoms with Crippen molar-refractivity contribution >= 4 is 31.9 Å². The molecular weight excluding hydrogens is 358 g/mol. The van der Waals surface area contributed by atoms with Crippen LogP contribution in [0.15, 0.2) is 27.1 Å². The van der Waals surface area contributed by atoms with Crippen LogP contribution in [-0.4, -0.2) is 19.3 Å². The zero-order valence-electron chi connectivity index (χ0n) is 10.4. The van der Waals surface area contributed by atoms with Gasteiger partial charge >= 0.3 is 0 Å². The molecule has 0 spiro atoms. The maximum Gasteiger partial charge on any atom is 0.0594 e. The first kappa shape index (κ1) is 14.5. The van der Waals surface area contributed by atoms with Gasteiger partial charge in [0.05, 0.1) is 12.7 Å². The summed E-state index contributed by atoms with van der Waals surface area (Å²) in [6.07, 6.45) is 5.70. The maximum absolute atomic E-state index is 5.80. The second kappa shape index (κ2) is 7.63. The first-order chi connectivity index (χ1) is 8.75. The van der Waals surface area contributed by atoms with Crippen LogP contribution >= 0.6 is 31.9 Å². The van der Waals surface area contributed by atoms with Gasteiger partial charge < -0.3 is 10.1 Å². The Labute approximate surface area is 126 Å². The molecule has 0 unspecified atom stereocenters. The Balaban J connectivity index is 1.61. The summed E-state index contributed by atoms with van der Waals surface area (Å²) in [6.45, 7) is 2.63. The number of hydrogen-bond donors (Lipinski definition) is 1. The van der Waals surface area contributed by atoms with Gasteiger partial charge in [-0.25, -0.2) is 0 Å². The lowest BCUT2D eigenvalue weighted by atomic mass is 10.2. The molecule has 0 radical (unpaired) electrons. The molecule has 18 heavy (non-hydrogen) atoms. The Morgan fingerprint density at radius 3 is 2.67 bits per heavy atom. The zero-order valence-corrected chi connectivity index (χ0v) is 13.6. The lowest BCUT2D eigenvalue weighted by Gasteiger charge is -2.11. The van der Waals surface area contributed by atoms with Gasteiger partial charge in [0.15, 0.2) is 0 Å². The van der Waals surface area contributed by atoms with Gasteiger partial charge in [0.2, 0.25) is 0 Å². The van der Waals surface area contributed by atoms with Crippen molar-refractivity contribution in [2.75, 3.05) is 13.2 Å². The van der Waals surface area contributed by atoms with Gasteiger partial charge in [-0.2, -0.15) is 0 Å². The highest BCUT2D eigenvalue weighted by atomic mass is 79.9. The molecule has 0 aromatic heterocycles. The summed E-state index contributed by atoms with van der Waals surface area (Å²) in [6, 6.07) is 6.32. The van der Waals surface area contributed by atoms with Gasteiger partial charge in [-0.3, -0.25) is 0 Å². The average Bonchev–Trinajstić information content (AvgIpc) is 2.86. The Kier molecular flexibility index (Phi) is 6.15. The van der Waals surface area contributed by atoms with Crippen molar-refractivity contribution in [2.45, 2.75) is 38.3 Å². The summed E-state index contributed by atoms with van der Waals surface area (Å²) < 4.78 is 8.00. The minimum atomic E-state index is 0.522. The summed E-state index contributed by atoms with van der Waals surface area (Å²) in [5.41, 5.74) is 1.28. The fourth-order valence-corrected chi connectivity index (χ4v) is 2.91. The van der Waals surface area contributed by atoms with Crippen molar-refractivity contribution in [1.29, 1.82) is 0 Å². The average molecular weight is 377 g/mol. The standard InChI is InChI=1S/C14H19Br2NO/c15-13-6-5-11(9-14(13)16)10-17-7-8-18-12-3-1-2-4-12/h5-6,9,12,17H,1-4,7-8,10H2. The van der Waals surface area contributed by atoms with Crippen molar-refractivity contribution in [3.63, 3.8) is 0 Å². The lowest BCUT2D eigenvalue weighted by molar-refractivity contribution is 0.0603. The van der Waals surface area contributed by atoms with Crippen LogP contribution in [0.2, 0.25) is 0 Å². The first-order valence-corrected chi connectivity index (χ1v) is 8.10. The predicted molar refractivity (Wildman–Crippen MR) is 81.8 cm³/mol. The van der Waals surface area contributed by atoms with E-state index in [4.69, 9.17) is 4.74 Å². The maximum atomic E-state index is 5.80. The summed E-state index contributed by atoms with van der Waals surface area (Å²) in [7, 11) is 0. The highest BCUT2D eigenvalue weighted by Crippen LogP contribution is 2.23. The molecule has 1 N–H and O–H groups in total. The Morgan fingerprint density at radius 2 is 1.94 bits per heavy atom. The van der Waals surface area contributed by atoms with Crippen molar-refractivity contribution in [3.8, 4) is 0 Å². The van der Waals surface area contributed by atoms with Crippen molar-refractivity contribution in [1.82, 2.24) is 5.32 Å². The zero-order chi connectivity index (χ0) is 12.8. The SMILES string of the molecule is Brc1ccc(CNCCOC2CCCC2)cc1Br. The molecule has 1 saturated carbocycles. The van der Waals surface area contributed by atoms with E-state index < -0.39 is 0 Å². The highest BCUT2D eigenvalue weighted by Gasteiger charge is 2.14. The molecule has 0 saturated heterocycles. The molecule has 0 heterocycles. The smallest absolute Gasteiger partial charge is 0.0594 e. The van der Waals surface area contributed by atoms with Crippen LogP contribution in [0.3, 0.4) is 0 Å². The molecule has 4 heteroatoms. The summed E-state index contributed by atoms with van der Waals surface area (Å²) in [4.78, 5) is 0. The number of halogens is 2. The quantitative estimate of drug-likeness (QED) is 0.749. The third kappa shape index (κ3) is 4.65. The van der Waals surface area contributed by atoms with E-state index >= 15 is 0 Å². The molecule has 0 bridgehead atoms. The minimum absolute atomic E-state index is 0.522. The first-order valence-electron chi connectivity index (χ1n) is 6.52.